The number of H-pyrrole nitrogens is 2. The lowest BCUT2D eigenvalue weighted by Gasteiger charge is -2.40. The smallest absolute Gasteiger partial charge is 0.210 e. The summed E-state index contributed by atoms with van der Waals surface area (Å²) in [7, 11) is -8.20. The molecule has 1 unspecified atom stereocenters. The van der Waals surface area contributed by atoms with Crippen LogP contribution in [0.1, 0.15) is 37.9 Å². The van der Waals surface area contributed by atoms with Crippen LogP contribution in [0.5, 0.6) is 0 Å². The minimum atomic E-state index is -4.25. The van der Waals surface area contributed by atoms with Gasteiger partial charge in [-0.3, -0.25) is 0 Å². The zero-order chi connectivity index (χ0) is 23.3. The molecule has 1 fully saturated rings. The Kier molecular flexibility index (Phi) is 5.30. The number of hydrogen-bond acceptors (Lipinski definition) is 6. The number of fused-ring (bicyclic) bond motifs is 3. The fraction of sp³-hybridized carbons (Fsp3) is 0.364. The fourth-order valence-electron chi connectivity index (χ4n) is 4.95. The number of aromatic nitrogens is 4. The molecule has 1 aromatic carbocycles. The van der Waals surface area contributed by atoms with Gasteiger partial charge in [0.2, 0.25) is 19.9 Å². The quantitative estimate of drug-likeness (QED) is 0.382. The van der Waals surface area contributed by atoms with Crippen molar-refractivity contribution in [3.05, 3.63) is 54.6 Å². The Balaban J connectivity index is 1.85. The number of sulfone groups is 1. The molecule has 1 aliphatic rings. The molecular formula is C22H25N5O4S2. The van der Waals surface area contributed by atoms with Crippen molar-refractivity contribution in [1.29, 1.82) is 0 Å². The van der Waals surface area contributed by atoms with Crippen molar-refractivity contribution >= 4 is 41.9 Å². The van der Waals surface area contributed by atoms with E-state index in [1.165, 1.54) is 12.1 Å². The molecule has 5 rings (SSSR count). The molecule has 0 saturated heterocycles. The van der Waals surface area contributed by atoms with E-state index >= 15 is 0 Å². The Morgan fingerprint density at radius 3 is 2.45 bits per heavy atom. The topological polar surface area (TPSA) is 138 Å². The first-order valence-corrected chi connectivity index (χ1v) is 14.2. The Bertz CT molecular complexity index is 1520. The van der Waals surface area contributed by atoms with Gasteiger partial charge in [0, 0.05) is 17.5 Å². The summed E-state index contributed by atoms with van der Waals surface area (Å²) < 4.78 is 56.6. The second-order valence-electron chi connectivity index (χ2n) is 8.61. The zero-order valence-corrected chi connectivity index (χ0v) is 19.7. The van der Waals surface area contributed by atoms with Gasteiger partial charge < -0.3 is 9.97 Å². The predicted octanol–water partition coefficient (Wildman–Crippen LogP) is 3.20. The van der Waals surface area contributed by atoms with E-state index < -0.39 is 30.6 Å². The lowest BCUT2D eigenvalue weighted by atomic mass is 9.83. The normalized spacial score (nSPS) is 18.0. The van der Waals surface area contributed by atoms with Gasteiger partial charge in [-0.25, -0.2) is 26.8 Å². The number of aromatic amines is 2. The van der Waals surface area contributed by atoms with E-state index in [1.807, 2.05) is 6.07 Å². The molecule has 174 valence electrons. The highest BCUT2D eigenvalue weighted by Gasteiger charge is 2.56. The van der Waals surface area contributed by atoms with E-state index in [0.717, 1.165) is 30.9 Å². The molecule has 0 spiro atoms. The summed E-state index contributed by atoms with van der Waals surface area (Å²) in [4.78, 5) is 13.3. The van der Waals surface area contributed by atoms with Crippen molar-refractivity contribution in [2.75, 3.05) is 6.26 Å². The van der Waals surface area contributed by atoms with Crippen LogP contribution >= 0.6 is 0 Å². The van der Waals surface area contributed by atoms with Gasteiger partial charge >= 0.3 is 0 Å². The molecule has 0 amide bonds. The number of benzene rings is 1. The number of sulfonamides is 1. The first kappa shape index (κ1) is 22.1. The van der Waals surface area contributed by atoms with Gasteiger partial charge in [0.05, 0.1) is 22.9 Å². The summed E-state index contributed by atoms with van der Waals surface area (Å²) in [5, 5.41) is 0.726. The zero-order valence-electron chi connectivity index (χ0n) is 18.1. The van der Waals surface area contributed by atoms with Crippen LogP contribution in [0, 0.1) is 5.92 Å². The Hall–Kier alpha value is -2.76. The molecule has 9 nitrogen and oxygen atoms in total. The van der Waals surface area contributed by atoms with Gasteiger partial charge in [-0.15, -0.1) is 0 Å². The standard InChI is InChI=1S/C22H25N5O4S2/c1-32(28,29)27-22(15-8-4-2-5-9-15,33(30,31)16-10-6-3-7-11-16)21-25-18-14-24-20-17(12-13-23-20)19(18)26-21/h3,6-7,10-15,27H,2,4-5,8-9H2,1H3,(H,23,24)(H,25,26). The molecular weight excluding hydrogens is 462 g/mol. The van der Waals surface area contributed by atoms with Crippen LogP contribution in [0.3, 0.4) is 0 Å². The van der Waals surface area contributed by atoms with Crippen LogP contribution in [0.2, 0.25) is 0 Å². The lowest BCUT2D eigenvalue weighted by Crippen LogP contribution is -2.57. The molecule has 1 aliphatic carbocycles. The lowest BCUT2D eigenvalue weighted by molar-refractivity contribution is 0.248. The maximum atomic E-state index is 14.3. The molecule has 0 aliphatic heterocycles. The summed E-state index contributed by atoms with van der Waals surface area (Å²) in [6.07, 6.45) is 8.01. The number of nitrogens with one attached hydrogen (secondary N) is 3. The second kappa shape index (κ2) is 7.93. The Morgan fingerprint density at radius 1 is 1.03 bits per heavy atom. The van der Waals surface area contributed by atoms with E-state index in [2.05, 4.69) is 19.7 Å². The highest BCUT2D eigenvalue weighted by Crippen LogP contribution is 2.46. The van der Waals surface area contributed by atoms with Crippen LogP contribution in [0.25, 0.3) is 22.1 Å². The number of rotatable bonds is 6. The molecule has 3 aromatic heterocycles. The van der Waals surface area contributed by atoms with Gasteiger partial charge in [-0.05, 0) is 31.0 Å². The first-order chi connectivity index (χ1) is 15.7. The average molecular weight is 488 g/mol. The van der Waals surface area contributed by atoms with E-state index in [9.17, 15) is 16.8 Å². The molecule has 11 heteroatoms. The Morgan fingerprint density at radius 2 is 1.76 bits per heavy atom. The monoisotopic (exact) mass is 487 g/mol. The van der Waals surface area contributed by atoms with Crippen molar-refractivity contribution in [2.45, 2.75) is 41.9 Å². The van der Waals surface area contributed by atoms with Crippen LogP contribution in [0.15, 0.2) is 53.7 Å². The molecule has 1 saturated carbocycles. The van der Waals surface area contributed by atoms with Crippen molar-refractivity contribution in [2.24, 2.45) is 5.92 Å². The highest BCUT2D eigenvalue weighted by atomic mass is 32.2. The average Bonchev–Trinajstić information content (AvgIpc) is 3.44. The van der Waals surface area contributed by atoms with Crippen LogP contribution in [-0.4, -0.2) is 43.0 Å². The van der Waals surface area contributed by atoms with E-state index in [0.29, 0.717) is 29.5 Å². The van der Waals surface area contributed by atoms with E-state index in [1.54, 1.807) is 30.6 Å². The second-order valence-corrected chi connectivity index (χ2v) is 12.5. The van der Waals surface area contributed by atoms with Gasteiger partial charge in [-0.2, -0.15) is 4.72 Å². The summed E-state index contributed by atoms with van der Waals surface area (Å²) in [5.41, 5.74) is 1.69. The summed E-state index contributed by atoms with van der Waals surface area (Å²) in [5.74, 6) is -0.435. The molecule has 0 bridgehead atoms. The maximum absolute atomic E-state index is 14.3. The molecule has 3 heterocycles. The molecule has 33 heavy (non-hydrogen) atoms. The third-order valence-electron chi connectivity index (χ3n) is 6.38. The number of imidazole rings is 1. The van der Waals surface area contributed by atoms with E-state index in [-0.39, 0.29) is 10.7 Å². The van der Waals surface area contributed by atoms with Crippen molar-refractivity contribution in [1.82, 2.24) is 24.7 Å². The molecule has 1 atom stereocenters. The summed E-state index contributed by atoms with van der Waals surface area (Å²) in [6, 6.07) is 9.78. The van der Waals surface area contributed by atoms with Crippen LogP contribution in [0.4, 0.5) is 0 Å². The van der Waals surface area contributed by atoms with Crippen LogP contribution < -0.4 is 4.72 Å². The number of pyridine rings is 1. The van der Waals surface area contributed by atoms with Gasteiger partial charge in [0.25, 0.3) is 0 Å². The highest BCUT2D eigenvalue weighted by molar-refractivity contribution is 7.94. The number of hydrogen-bond donors (Lipinski definition) is 3. The third kappa shape index (κ3) is 3.64. The van der Waals surface area contributed by atoms with Crippen molar-refractivity contribution < 1.29 is 16.8 Å². The SMILES string of the molecule is CS(=O)(=O)NC(c1nc2c(cnc3[nH]ccc32)[nH]1)(C1CCCCC1)S(=O)(=O)c1ccccc1. The van der Waals surface area contributed by atoms with Crippen molar-refractivity contribution in [3.63, 3.8) is 0 Å². The molecule has 3 N–H and O–H groups in total. The van der Waals surface area contributed by atoms with Crippen molar-refractivity contribution in [3.8, 4) is 0 Å². The Labute approximate surface area is 192 Å². The predicted molar refractivity (Wildman–Crippen MR) is 126 cm³/mol. The van der Waals surface area contributed by atoms with Crippen LogP contribution in [-0.2, 0) is 24.7 Å². The summed E-state index contributed by atoms with van der Waals surface area (Å²) >= 11 is 0. The maximum Gasteiger partial charge on any atom is 0.210 e. The van der Waals surface area contributed by atoms with Gasteiger partial charge in [0.15, 0.2) is 4.87 Å². The number of nitrogens with zero attached hydrogens (tertiary/aromatic N) is 2. The summed E-state index contributed by atoms with van der Waals surface area (Å²) in [6.45, 7) is 0. The van der Waals surface area contributed by atoms with Gasteiger partial charge in [-0.1, -0.05) is 37.5 Å². The fourth-order valence-corrected chi connectivity index (χ4v) is 8.57. The first-order valence-electron chi connectivity index (χ1n) is 10.8. The third-order valence-corrected chi connectivity index (χ3v) is 9.57. The van der Waals surface area contributed by atoms with E-state index in [4.69, 9.17) is 4.98 Å². The largest absolute Gasteiger partial charge is 0.346 e. The molecule has 0 radical (unpaired) electrons. The minimum absolute atomic E-state index is 0.0390. The van der Waals surface area contributed by atoms with Gasteiger partial charge in [0.1, 0.15) is 17.0 Å². The molecule has 4 aromatic rings. The minimum Gasteiger partial charge on any atom is -0.346 e.